The van der Waals surface area contributed by atoms with Crippen LogP contribution in [0.1, 0.15) is 6.42 Å². The molecule has 0 aromatic rings. The Balaban J connectivity index is 2.06. The van der Waals surface area contributed by atoms with Gasteiger partial charge >= 0.3 is 5.97 Å². The van der Waals surface area contributed by atoms with Gasteiger partial charge in [0.1, 0.15) is 12.6 Å². The fourth-order valence-corrected chi connectivity index (χ4v) is 3.01. The van der Waals surface area contributed by atoms with Gasteiger partial charge in [0.2, 0.25) is 5.91 Å². The monoisotopic (exact) mass is 376 g/mol. The molecule has 1 saturated heterocycles. The maximum Gasteiger partial charge on any atom is 0.323 e. The Hall–Kier alpha value is -2.31. The van der Waals surface area contributed by atoms with Gasteiger partial charge in [0, 0.05) is 18.6 Å². The number of rotatable bonds is 8. The Morgan fingerprint density at radius 1 is 1.24 bits per heavy atom. The number of imide groups is 1. The molecule has 0 aromatic carbocycles. The number of aliphatic carboxylic acids is 1. The van der Waals surface area contributed by atoms with Gasteiger partial charge in [0.05, 0.1) is 25.0 Å². The van der Waals surface area contributed by atoms with Gasteiger partial charge in [-0.1, -0.05) is 0 Å². The highest BCUT2D eigenvalue weighted by molar-refractivity contribution is 7.85. The molecule has 2 atom stereocenters. The fourth-order valence-electron chi connectivity index (χ4n) is 2.69. The van der Waals surface area contributed by atoms with Crippen LogP contribution in [0.3, 0.4) is 0 Å². The summed E-state index contributed by atoms with van der Waals surface area (Å²) in [7, 11) is -4.21. The molecule has 2 aliphatic rings. The Labute approximate surface area is 142 Å². The Morgan fingerprint density at radius 3 is 2.36 bits per heavy atom. The maximum absolute atomic E-state index is 12.4. The molecule has 0 bridgehead atoms. The van der Waals surface area contributed by atoms with Crippen molar-refractivity contribution in [2.75, 3.05) is 25.5 Å². The van der Waals surface area contributed by atoms with Crippen LogP contribution in [0.5, 0.6) is 0 Å². The van der Waals surface area contributed by atoms with Crippen LogP contribution in [0.25, 0.3) is 0 Å². The summed E-state index contributed by atoms with van der Waals surface area (Å²) in [4.78, 5) is 48.6. The molecule has 2 aliphatic heterocycles. The second kappa shape index (κ2) is 7.29. The maximum atomic E-state index is 12.4. The average molecular weight is 376 g/mol. The third-order valence-corrected chi connectivity index (χ3v) is 4.44. The van der Waals surface area contributed by atoms with E-state index in [2.05, 4.69) is 0 Å². The summed E-state index contributed by atoms with van der Waals surface area (Å²) in [6, 6.07) is -1.89. The van der Waals surface area contributed by atoms with Crippen LogP contribution >= 0.6 is 0 Å². The van der Waals surface area contributed by atoms with Gasteiger partial charge in [-0.05, 0) is 0 Å². The van der Waals surface area contributed by atoms with Crippen molar-refractivity contribution in [3.05, 3.63) is 12.2 Å². The molecule has 2 heterocycles. The first kappa shape index (κ1) is 19.0. The Morgan fingerprint density at radius 2 is 1.84 bits per heavy atom. The molecule has 138 valence electrons. The summed E-state index contributed by atoms with van der Waals surface area (Å²) in [5.41, 5.74) is 0. The molecule has 0 unspecified atom stereocenters. The minimum absolute atomic E-state index is 0.0306. The lowest BCUT2D eigenvalue weighted by molar-refractivity contribution is -0.149. The molecule has 25 heavy (non-hydrogen) atoms. The molecule has 12 heteroatoms. The summed E-state index contributed by atoms with van der Waals surface area (Å²) in [5, 5.41) is 8.94. The molecule has 2 rings (SSSR count). The Bertz CT molecular complexity index is 712. The minimum atomic E-state index is -4.21. The number of nitrogens with zero attached hydrogens (tertiary/aromatic N) is 2. The zero-order valence-corrected chi connectivity index (χ0v) is 13.7. The average Bonchev–Trinajstić information content (AvgIpc) is 2.96. The van der Waals surface area contributed by atoms with E-state index in [1.54, 1.807) is 0 Å². The lowest BCUT2D eigenvalue weighted by Crippen LogP contribution is -2.46. The number of amides is 3. The van der Waals surface area contributed by atoms with Crippen LogP contribution < -0.4 is 0 Å². The first-order valence-electron chi connectivity index (χ1n) is 7.20. The van der Waals surface area contributed by atoms with Gasteiger partial charge in [-0.15, -0.1) is 0 Å². The summed E-state index contributed by atoms with van der Waals surface area (Å²) in [5.74, 6) is -3.95. The lowest BCUT2D eigenvalue weighted by Gasteiger charge is -2.22. The predicted molar refractivity (Wildman–Crippen MR) is 79.8 cm³/mol. The first-order chi connectivity index (χ1) is 11.6. The van der Waals surface area contributed by atoms with Crippen LogP contribution in [0, 0.1) is 0 Å². The molecule has 1 fully saturated rings. The van der Waals surface area contributed by atoms with E-state index in [1.165, 1.54) is 0 Å². The smallest absolute Gasteiger partial charge is 0.323 e. The number of carbonyl (C=O) groups excluding carboxylic acids is 3. The van der Waals surface area contributed by atoms with Crippen molar-refractivity contribution in [2.24, 2.45) is 0 Å². The minimum Gasteiger partial charge on any atom is -0.480 e. The van der Waals surface area contributed by atoms with Crippen LogP contribution in [0.15, 0.2) is 12.2 Å². The number of carboxylic acid groups (broad SMARTS) is 1. The van der Waals surface area contributed by atoms with Crippen molar-refractivity contribution in [2.45, 2.75) is 18.5 Å². The van der Waals surface area contributed by atoms with E-state index in [4.69, 9.17) is 14.4 Å². The van der Waals surface area contributed by atoms with Gasteiger partial charge in [0.25, 0.3) is 21.9 Å². The number of carboxylic acids is 1. The van der Waals surface area contributed by atoms with Crippen LogP contribution in [0.2, 0.25) is 0 Å². The summed E-state index contributed by atoms with van der Waals surface area (Å²) < 4.78 is 35.0. The van der Waals surface area contributed by atoms with Crippen LogP contribution in [0.4, 0.5) is 0 Å². The SMILES string of the molecule is O=C(O)CN1C(=O)[C@H](N2C(=O)C=CC2=O)C[C@@H]1COCCS(=O)(=O)O. The van der Waals surface area contributed by atoms with E-state index in [0.29, 0.717) is 0 Å². The van der Waals surface area contributed by atoms with Gasteiger partial charge in [0.15, 0.2) is 0 Å². The van der Waals surface area contributed by atoms with Gasteiger partial charge in [-0.3, -0.25) is 28.6 Å². The van der Waals surface area contributed by atoms with E-state index in [9.17, 15) is 27.6 Å². The summed E-state index contributed by atoms with van der Waals surface area (Å²) in [6.45, 7) is -1.20. The molecular weight excluding hydrogens is 360 g/mol. The zero-order chi connectivity index (χ0) is 18.8. The second-order valence-electron chi connectivity index (χ2n) is 5.51. The number of hydrogen-bond acceptors (Lipinski definition) is 7. The van der Waals surface area contributed by atoms with E-state index in [0.717, 1.165) is 22.0 Å². The topological polar surface area (TPSA) is 159 Å². The predicted octanol–water partition coefficient (Wildman–Crippen LogP) is -2.13. The number of carbonyl (C=O) groups is 4. The second-order valence-corrected chi connectivity index (χ2v) is 7.08. The molecule has 2 N–H and O–H groups in total. The van der Waals surface area contributed by atoms with Crippen molar-refractivity contribution >= 4 is 33.8 Å². The van der Waals surface area contributed by atoms with Crippen molar-refractivity contribution in [1.29, 1.82) is 0 Å². The third kappa shape index (κ3) is 4.61. The standard InChI is InChI=1S/C13H16N2O9S/c16-10-1-2-11(17)15(10)9-5-8(7-24-3-4-25(21,22)23)14(13(9)20)6-12(18)19/h1-2,8-9H,3-7H2,(H,18,19)(H,21,22,23)/t8-,9-/m1/s1. The summed E-state index contributed by atoms with van der Waals surface area (Å²) in [6.07, 6.45) is 2.01. The highest BCUT2D eigenvalue weighted by Gasteiger charge is 2.47. The largest absolute Gasteiger partial charge is 0.480 e. The molecular formula is C13H16N2O9S. The third-order valence-electron chi connectivity index (χ3n) is 3.76. The molecule has 11 nitrogen and oxygen atoms in total. The normalized spacial score (nSPS) is 23.8. The molecule has 0 aliphatic carbocycles. The van der Waals surface area contributed by atoms with Gasteiger partial charge in [-0.2, -0.15) is 8.42 Å². The van der Waals surface area contributed by atoms with Gasteiger partial charge < -0.3 is 14.7 Å². The van der Waals surface area contributed by atoms with E-state index in [1.807, 2.05) is 0 Å². The van der Waals surface area contributed by atoms with Gasteiger partial charge in [-0.25, -0.2) is 0 Å². The van der Waals surface area contributed by atoms with E-state index < -0.39 is 58.2 Å². The number of hydrogen-bond donors (Lipinski definition) is 2. The van der Waals surface area contributed by atoms with Crippen molar-refractivity contribution < 1.29 is 42.0 Å². The number of likely N-dealkylation sites (tertiary alicyclic amines) is 1. The van der Waals surface area contributed by atoms with Crippen molar-refractivity contribution in [3.63, 3.8) is 0 Å². The van der Waals surface area contributed by atoms with E-state index in [-0.39, 0.29) is 19.6 Å². The summed E-state index contributed by atoms with van der Waals surface area (Å²) >= 11 is 0. The Kier molecular flexibility index (Phi) is 5.55. The lowest BCUT2D eigenvalue weighted by atomic mass is 10.1. The molecule has 0 radical (unpaired) electrons. The molecule has 0 saturated carbocycles. The van der Waals surface area contributed by atoms with Crippen molar-refractivity contribution in [3.8, 4) is 0 Å². The molecule has 0 aromatic heterocycles. The number of ether oxygens (including phenoxy) is 1. The quantitative estimate of drug-likeness (QED) is 0.274. The molecule has 3 amide bonds. The van der Waals surface area contributed by atoms with Crippen LogP contribution in [-0.4, -0.2) is 89.2 Å². The zero-order valence-electron chi connectivity index (χ0n) is 12.9. The fraction of sp³-hybridized carbons (Fsp3) is 0.538. The highest BCUT2D eigenvalue weighted by Crippen LogP contribution is 2.26. The van der Waals surface area contributed by atoms with Crippen molar-refractivity contribution in [1.82, 2.24) is 9.80 Å². The molecule has 0 spiro atoms. The first-order valence-corrected chi connectivity index (χ1v) is 8.81. The van der Waals surface area contributed by atoms with Crippen LogP contribution in [-0.2, 0) is 34.0 Å². The highest BCUT2D eigenvalue weighted by atomic mass is 32.2. The van der Waals surface area contributed by atoms with E-state index >= 15 is 0 Å².